The van der Waals surface area contributed by atoms with Gasteiger partial charge in [-0.3, -0.25) is 0 Å². The van der Waals surface area contributed by atoms with Gasteiger partial charge in [-0.05, 0) is 42.3 Å². The third kappa shape index (κ3) is 4.72. The van der Waals surface area contributed by atoms with Crippen LogP contribution in [0.25, 0.3) is 0 Å². The molecule has 0 fully saturated rings. The van der Waals surface area contributed by atoms with Gasteiger partial charge in [-0.25, -0.2) is 17.5 Å². The Morgan fingerprint density at radius 2 is 1.76 bits per heavy atom. The minimum absolute atomic E-state index is 0.209. The number of halogens is 1. The lowest BCUT2D eigenvalue weighted by Gasteiger charge is -2.12. The number of benzene rings is 2. The number of urea groups is 1. The molecule has 0 aromatic heterocycles. The van der Waals surface area contributed by atoms with Gasteiger partial charge < -0.3 is 10.6 Å². The minimum atomic E-state index is -3.45. The number of nitrogens with one attached hydrogen (secondary N) is 2. The van der Waals surface area contributed by atoms with Gasteiger partial charge in [0.1, 0.15) is 0 Å². The number of sulfonamides is 1. The Labute approximate surface area is 152 Å². The van der Waals surface area contributed by atoms with Gasteiger partial charge in [0.05, 0.1) is 4.90 Å². The van der Waals surface area contributed by atoms with E-state index in [1.165, 1.54) is 26.2 Å². The number of hydrogen-bond acceptors (Lipinski definition) is 3. The van der Waals surface area contributed by atoms with Gasteiger partial charge in [0.2, 0.25) is 10.0 Å². The highest BCUT2D eigenvalue weighted by Gasteiger charge is 2.16. The second-order valence-corrected chi connectivity index (χ2v) is 8.21. The molecule has 2 amide bonds. The highest BCUT2D eigenvalue weighted by Crippen LogP contribution is 2.22. The van der Waals surface area contributed by atoms with E-state index in [-0.39, 0.29) is 17.5 Å². The van der Waals surface area contributed by atoms with E-state index in [2.05, 4.69) is 10.6 Å². The largest absolute Gasteiger partial charge is 0.334 e. The molecule has 25 heavy (non-hydrogen) atoms. The van der Waals surface area contributed by atoms with Crippen LogP contribution in [0.4, 0.5) is 10.5 Å². The molecule has 6 nitrogen and oxygen atoms in total. The first-order valence-electron chi connectivity index (χ1n) is 7.53. The molecule has 0 atom stereocenters. The van der Waals surface area contributed by atoms with Crippen LogP contribution >= 0.6 is 11.6 Å². The molecule has 2 rings (SSSR count). The summed E-state index contributed by atoms with van der Waals surface area (Å²) in [5.74, 6) is 0. The standard InChI is InChI=1S/C17H20ClN3O3S/c1-12-15(18)5-4-6-16(12)20-17(22)19-11-13-7-9-14(10-8-13)25(23,24)21(2)3/h4-10H,11H2,1-3H3,(H2,19,20,22). The average molecular weight is 382 g/mol. The highest BCUT2D eigenvalue weighted by atomic mass is 35.5. The van der Waals surface area contributed by atoms with Crippen LogP contribution in [0.5, 0.6) is 0 Å². The Balaban J connectivity index is 1.97. The van der Waals surface area contributed by atoms with Crippen molar-refractivity contribution in [2.45, 2.75) is 18.4 Å². The van der Waals surface area contributed by atoms with Crippen LogP contribution in [0.15, 0.2) is 47.4 Å². The Hall–Kier alpha value is -2.09. The topological polar surface area (TPSA) is 78.5 Å². The van der Waals surface area contributed by atoms with E-state index < -0.39 is 10.0 Å². The Kier molecular flexibility index (Phi) is 6.05. The molecule has 0 aliphatic rings. The van der Waals surface area contributed by atoms with E-state index in [0.29, 0.717) is 10.7 Å². The first kappa shape index (κ1) is 19.2. The van der Waals surface area contributed by atoms with Crippen molar-refractivity contribution < 1.29 is 13.2 Å². The summed E-state index contributed by atoms with van der Waals surface area (Å²) in [6.45, 7) is 2.09. The summed E-state index contributed by atoms with van der Waals surface area (Å²) < 4.78 is 25.2. The summed E-state index contributed by atoms with van der Waals surface area (Å²) in [6, 6.07) is 11.3. The van der Waals surface area contributed by atoms with Crippen LogP contribution in [0.3, 0.4) is 0 Å². The summed E-state index contributed by atoms with van der Waals surface area (Å²) in [7, 11) is -0.495. The van der Waals surface area contributed by atoms with Gasteiger partial charge >= 0.3 is 6.03 Å². The van der Waals surface area contributed by atoms with Crippen molar-refractivity contribution >= 4 is 33.3 Å². The molecule has 2 aromatic carbocycles. The normalized spacial score (nSPS) is 11.4. The molecule has 8 heteroatoms. The van der Waals surface area contributed by atoms with Crippen molar-refractivity contribution in [1.82, 2.24) is 9.62 Å². The fourth-order valence-corrected chi connectivity index (χ4v) is 3.16. The molecular weight excluding hydrogens is 362 g/mol. The average Bonchev–Trinajstić information content (AvgIpc) is 2.57. The highest BCUT2D eigenvalue weighted by molar-refractivity contribution is 7.89. The molecule has 0 saturated heterocycles. The maximum absolute atomic E-state index is 12.0. The van der Waals surface area contributed by atoms with Crippen molar-refractivity contribution in [3.8, 4) is 0 Å². The fraction of sp³-hybridized carbons (Fsp3) is 0.235. The zero-order valence-corrected chi connectivity index (χ0v) is 15.8. The quantitative estimate of drug-likeness (QED) is 0.834. The summed E-state index contributed by atoms with van der Waals surface area (Å²) >= 11 is 6.02. The Bertz CT molecular complexity index is 865. The van der Waals surface area contributed by atoms with Crippen molar-refractivity contribution in [2.75, 3.05) is 19.4 Å². The summed E-state index contributed by atoms with van der Waals surface area (Å²) in [6.07, 6.45) is 0. The predicted molar refractivity (Wildman–Crippen MR) is 99.4 cm³/mol. The SMILES string of the molecule is Cc1c(Cl)cccc1NC(=O)NCc1ccc(S(=O)(=O)N(C)C)cc1. The summed E-state index contributed by atoms with van der Waals surface area (Å²) in [4.78, 5) is 12.2. The number of hydrogen-bond donors (Lipinski definition) is 2. The van der Waals surface area contributed by atoms with Crippen LogP contribution in [-0.2, 0) is 16.6 Å². The lowest BCUT2D eigenvalue weighted by atomic mass is 10.2. The minimum Gasteiger partial charge on any atom is -0.334 e. The molecule has 2 N–H and O–H groups in total. The maximum Gasteiger partial charge on any atom is 0.319 e. The lowest BCUT2D eigenvalue weighted by Crippen LogP contribution is -2.28. The first-order chi connectivity index (χ1) is 11.7. The molecule has 0 aliphatic carbocycles. The number of carbonyl (C=O) groups excluding carboxylic acids is 1. The first-order valence-corrected chi connectivity index (χ1v) is 9.35. The third-order valence-electron chi connectivity index (χ3n) is 3.67. The Morgan fingerprint density at radius 3 is 2.36 bits per heavy atom. The van der Waals surface area contributed by atoms with Crippen LogP contribution < -0.4 is 10.6 Å². The predicted octanol–water partition coefficient (Wildman–Crippen LogP) is 3.22. The number of anilines is 1. The fourth-order valence-electron chi connectivity index (χ4n) is 2.08. The van der Waals surface area contributed by atoms with Gasteiger partial charge in [0.25, 0.3) is 0 Å². The maximum atomic E-state index is 12.0. The van der Waals surface area contributed by atoms with Crippen LogP contribution in [0.2, 0.25) is 5.02 Å². The molecule has 0 unspecified atom stereocenters. The number of rotatable bonds is 5. The zero-order valence-electron chi connectivity index (χ0n) is 14.2. The molecule has 2 aromatic rings. The number of amides is 2. The van der Waals surface area contributed by atoms with Gasteiger partial charge in [-0.2, -0.15) is 0 Å². The molecule has 0 heterocycles. The molecule has 0 radical (unpaired) electrons. The number of nitrogens with zero attached hydrogens (tertiary/aromatic N) is 1. The monoisotopic (exact) mass is 381 g/mol. The van der Waals surface area contributed by atoms with E-state index in [9.17, 15) is 13.2 Å². The summed E-state index contributed by atoms with van der Waals surface area (Å²) in [5.41, 5.74) is 2.21. The molecule has 0 bridgehead atoms. The van der Waals surface area contributed by atoms with Crippen LogP contribution in [0, 0.1) is 6.92 Å². The van der Waals surface area contributed by atoms with Gasteiger partial charge in [-0.1, -0.05) is 29.8 Å². The molecular formula is C17H20ClN3O3S. The van der Waals surface area contributed by atoms with Gasteiger partial charge in [0.15, 0.2) is 0 Å². The smallest absolute Gasteiger partial charge is 0.319 e. The van der Waals surface area contributed by atoms with Crippen LogP contribution in [-0.4, -0.2) is 32.8 Å². The van der Waals surface area contributed by atoms with Crippen molar-refractivity contribution in [3.05, 3.63) is 58.6 Å². The van der Waals surface area contributed by atoms with E-state index in [0.717, 1.165) is 15.4 Å². The zero-order chi connectivity index (χ0) is 18.6. The van der Waals surface area contributed by atoms with Crippen LogP contribution in [0.1, 0.15) is 11.1 Å². The van der Waals surface area contributed by atoms with Crippen molar-refractivity contribution in [1.29, 1.82) is 0 Å². The molecule has 134 valence electrons. The number of carbonyl (C=O) groups is 1. The lowest BCUT2D eigenvalue weighted by molar-refractivity contribution is 0.251. The molecule has 0 spiro atoms. The van der Waals surface area contributed by atoms with E-state index in [4.69, 9.17) is 11.6 Å². The summed E-state index contributed by atoms with van der Waals surface area (Å²) in [5, 5.41) is 6.04. The Morgan fingerprint density at radius 1 is 1.12 bits per heavy atom. The van der Waals surface area contributed by atoms with E-state index >= 15 is 0 Å². The van der Waals surface area contributed by atoms with Gasteiger partial charge in [0, 0.05) is 31.4 Å². The molecule has 0 aliphatic heterocycles. The second kappa shape index (κ2) is 7.86. The van der Waals surface area contributed by atoms with E-state index in [1.54, 1.807) is 30.3 Å². The van der Waals surface area contributed by atoms with E-state index in [1.807, 2.05) is 6.92 Å². The molecule has 0 saturated carbocycles. The second-order valence-electron chi connectivity index (χ2n) is 5.65. The van der Waals surface area contributed by atoms with Gasteiger partial charge in [-0.15, -0.1) is 0 Å². The third-order valence-corrected chi connectivity index (χ3v) is 5.91. The van der Waals surface area contributed by atoms with Crippen molar-refractivity contribution in [3.63, 3.8) is 0 Å². The van der Waals surface area contributed by atoms with Crippen molar-refractivity contribution in [2.24, 2.45) is 0 Å².